The molecule has 1 aromatic carbocycles. The quantitative estimate of drug-likeness (QED) is 0.746. The first kappa shape index (κ1) is 18.6. The van der Waals surface area contributed by atoms with Crippen LogP contribution in [0.4, 0.5) is 4.79 Å². The number of amides is 1. The second-order valence-corrected chi connectivity index (χ2v) is 7.41. The largest absolute Gasteiger partial charge is 0.444 e. The Balaban J connectivity index is 1.82. The van der Waals surface area contributed by atoms with Gasteiger partial charge >= 0.3 is 6.09 Å². The van der Waals surface area contributed by atoms with Gasteiger partial charge in [-0.15, -0.1) is 0 Å². The maximum atomic E-state index is 11.8. The number of benzene rings is 1. The number of ether oxygens (including phenoxy) is 1. The van der Waals surface area contributed by atoms with Crippen LogP contribution in [-0.4, -0.2) is 26.3 Å². The first-order valence-corrected chi connectivity index (χ1v) is 8.79. The average Bonchev–Trinajstić information content (AvgIpc) is 3.02. The number of aromatic nitrogens is 3. The van der Waals surface area contributed by atoms with Gasteiger partial charge in [-0.25, -0.2) is 14.3 Å². The molecule has 0 atom stereocenters. The van der Waals surface area contributed by atoms with Crippen molar-refractivity contribution in [1.82, 2.24) is 19.9 Å². The third-order valence-corrected chi connectivity index (χ3v) is 4.10. The highest BCUT2D eigenvalue weighted by Gasteiger charge is 2.16. The van der Waals surface area contributed by atoms with Crippen molar-refractivity contribution in [2.45, 2.75) is 39.8 Å². The number of carbonyl (C=O) groups is 1. The molecule has 0 aliphatic rings. The summed E-state index contributed by atoms with van der Waals surface area (Å²) in [5.41, 5.74) is 5.34. The van der Waals surface area contributed by atoms with Gasteiger partial charge in [0.1, 0.15) is 11.9 Å². The van der Waals surface area contributed by atoms with Crippen LogP contribution >= 0.6 is 0 Å². The van der Waals surface area contributed by atoms with E-state index in [1.165, 1.54) is 0 Å². The van der Waals surface area contributed by atoms with Crippen LogP contribution in [0.2, 0.25) is 0 Å². The smallest absolute Gasteiger partial charge is 0.407 e. The van der Waals surface area contributed by atoms with Crippen LogP contribution in [0.15, 0.2) is 43.4 Å². The Morgan fingerprint density at radius 1 is 1.33 bits per heavy atom. The van der Waals surface area contributed by atoms with E-state index >= 15 is 0 Å². The SMILES string of the molecule is C=Cc1cc2c(-c3ccc(CNC(=O)OC(C)(C)C)c(C)c3)ncnn2c1. The number of hydrogen-bond donors (Lipinski definition) is 1. The normalized spacial score (nSPS) is 11.4. The average molecular weight is 364 g/mol. The molecule has 1 amide bonds. The van der Waals surface area contributed by atoms with Crippen molar-refractivity contribution in [2.24, 2.45) is 0 Å². The van der Waals surface area contributed by atoms with E-state index in [2.05, 4.69) is 28.0 Å². The molecule has 0 radical (unpaired) electrons. The number of rotatable bonds is 4. The van der Waals surface area contributed by atoms with E-state index in [9.17, 15) is 4.79 Å². The Kier molecular flexibility index (Phi) is 4.99. The summed E-state index contributed by atoms with van der Waals surface area (Å²) in [5.74, 6) is 0. The number of alkyl carbamates (subject to hydrolysis) is 1. The van der Waals surface area contributed by atoms with Crippen molar-refractivity contribution in [3.8, 4) is 11.3 Å². The minimum Gasteiger partial charge on any atom is -0.444 e. The molecule has 2 aromatic heterocycles. The third kappa shape index (κ3) is 4.34. The second kappa shape index (κ2) is 7.23. The molecule has 140 valence electrons. The van der Waals surface area contributed by atoms with Crippen LogP contribution in [0, 0.1) is 6.92 Å². The molecule has 6 heteroatoms. The molecule has 1 N–H and O–H groups in total. The van der Waals surface area contributed by atoms with E-state index in [0.717, 1.165) is 33.5 Å². The fraction of sp³-hybridized carbons (Fsp3) is 0.286. The summed E-state index contributed by atoms with van der Waals surface area (Å²) in [6.45, 7) is 11.8. The molecule has 0 aliphatic heterocycles. The van der Waals surface area contributed by atoms with E-state index in [-0.39, 0.29) is 0 Å². The lowest BCUT2D eigenvalue weighted by atomic mass is 10.0. The van der Waals surface area contributed by atoms with Gasteiger partial charge in [-0.2, -0.15) is 5.10 Å². The van der Waals surface area contributed by atoms with Gasteiger partial charge < -0.3 is 10.1 Å². The van der Waals surface area contributed by atoms with Crippen molar-refractivity contribution >= 4 is 17.7 Å². The molecule has 0 aliphatic carbocycles. The minimum absolute atomic E-state index is 0.409. The van der Waals surface area contributed by atoms with Gasteiger partial charge in [-0.3, -0.25) is 0 Å². The number of nitrogens with zero attached hydrogens (tertiary/aromatic N) is 3. The second-order valence-electron chi connectivity index (χ2n) is 7.41. The Hall–Kier alpha value is -3.15. The summed E-state index contributed by atoms with van der Waals surface area (Å²) in [7, 11) is 0. The minimum atomic E-state index is -0.511. The van der Waals surface area contributed by atoms with E-state index in [1.54, 1.807) is 16.9 Å². The van der Waals surface area contributed by atoms with E-state index in [4.69, 9.17) is 4.74 Å². The Bertz CT molecular complexity index is 999. The summed E-state index contributed by atoms with van der Waals surface area (Å²) in [6.07, 6.45) is 4.82. The summed E-state index contributed by atoms with van der Waals surface area (Å²) in [5, 5.41) is 7.04. The number of aryl methyl sites for hydroxylation is 1. The fourth-order valence-electron chi connectivity index (χ4n) is 2.81. The van der Waals surface area contributed by atoms with Gasteiger partial charge in [0.05, 0.1) is 11.2 Å². The highest BCUT2D eigenvalue weighted by Crippen LogP contribution is 2.25. The highest BCUT2D eigenvalue weighted by molar-refractivity contribution is 5.79. The molecule has 0 saturated heterocycles. The van der Waals surface area contributed by atoms with Gasteiger partial charge in [-0.1, -0.05) is 24.8 Å². The molecule has 0 bridgehead atoms. The summed E-state index contributed by atoms with van der Waals surface area (Å²) < 4.78 is 7.07. The van der Waals surface area contributed by atoms with Crippen molar-refractivity contribution in [3.05, 3.63) is 60.1 Å². The Morgan fingerprint density at radius 3 is 2.78 bits per heavy atom. The molecule has 2 heterocycles. The van der Waals surface area contributed by atoms with Crippen molar-refractivity contribution < 1.29 is 9.53 Å². The third-order valence-electron chi connectivity index (χ3n) is 4.10. The lowest BCUT2D eigenvalue weighted by Crippen LogP contribution is -2.32. The zero-order valence-corrected chi connectivity index (χ0v) is 16.1. The molecule has 0 unspecified atom stereocenters. The Labute approximate surface area is 158 Å². The number of hydrogen-bond acceptors (Lipinski definition) is 4. The number of carbonyl (C=O) groups excluding carboxylic acids is 1. The zero-order chi connectivity index (χ0) is 19.6. The first-order valence-electron chi connectivity index (χ1n) is 8.79. The molecule has 6 nitrogen and oxygen atoms in total. The molecule has 0 spiro atoms. The maximum Gasteiger partial charge on any atom is 0.407 e. The van der Waals surface area contributed by atoms with E-state index < -0.39 is 11.7 Å². The predicted molar refractivity (Wildman–Crippen MR) is 106 cm³/mol. The van der Waals surface area contributed by atoms with Crippen LogP contribution in [0.1, 0.15) is 37.5 Å². The van der Waals surface area contributed by atoms with E-state index in [0.29, 0.717) is 6.54 Å². The molecule has 0 saturated carbocycles. The molecule has 3 aromatic rings. The number of fused-ring (bicyclic) bond motifs is 1. The van der Waals surface area contributed by atoms with Gasteiger partial charge in [0.15, 0.2) is 0 Å². The maximum absolute atomic E-state index is 11.8. The summed E-state index contributed by atoms with van der Waals surface area (Å²) >= 11 is 0. The van der Waals surface area contributed by atoms with Crippen molar-refractivity contribution in [1.29, 1.82) is 0 Å². The highest BCUT2D eigenvalue weighted by atomic mass is 16.6. The van der Waals surface area contributed by atoms with Gasteiger partial charge in [0.2, 0.25) is 0 Å². The van der Waals surface area contributed by atoms with Gasteiger partial charge in [0.25, 0.3) is 0 Å². The van der Waals surface area contributed by atoms with Crippen molar-refractivity contribution in [2.75, 3.05) is 0 Å². The standard InChI is InChI=1S/C21H24N4O2/c1-6-15-10-18-19(23-13-24-25(18)12-15)16-7-8-17(14(2)9-16)11-22-20(26)27-21(3,4)5/h6-10,12-13H,1,11H2,2-5H3,(H,22,26). The first-order chi connectivity index (χ1) is 12.8. The molecule has 3 rings (SSSR count). The van der Waals surface area contributed by atoms with Crippen molar-refractivity contribution in [3.63, 3.8) is 0 Å². The summed E-state index contributed by atoms with van der Waals surface area (Å²) in [6, 6.07) is 8.07. The molecular formula is C21H24N4O2. The lowest BCUT2D eigenvalue weighted by molar-refractivity contribution is 0.0523. The zero-order valence-electron chi connectivity index (χ0n) is 16.1. The van der Waals surface area contributed by atoms with Gasteiger partial charge in [0, 0.05) is 18.3 Å². The topological polar surface area (TPSA) is 68.5 Å². The monoisotopic (exact) mass is 364 g/mol. The molecule has 27 heavy (non-hydrogen) atoms. The fourth-order valence-corrected chi connectivity index (χ4v) is 2.81. The Morgan fingerprint density at radius 2 is 2.11 bits per heavy atom. The summed E-state index contributed by atoms with van der Waals surface area (Å²) in [4.78, 5) is 16.3. The van der Waals surface area contributed by atoms with Crippen LogP contribution in [0.5, 0.6) is 0 Å². The van der Waals surface area contributed by atoms with Crippen LogP contribution in [0.3, 0.4) is 0 Å². The van der Waals surface area contributed by atoms with Crippen LogP contribution < -0.4 is 5.32 Å². The van der Waals surface area contributed by atoms with Crippen LogP contribution in [-0.2, 0) is 11.3 Å². The lowest BCUT2D eigenvalue weighted by Gasteiger charge is -2.20. The van der Waals surface area contributed by atoms with Gasteiger partial charge in [-0.05, 0) is 56.5 Å². The van der Waals surface area contributed by atoms with E-state index in [1.807, 2.05) is 52.1 Å². The molecular weight excluding hydrogens is 340 g/mol. The van der Waals surface area contributed by atoms with Crippen LogP contribution in [0.25, 0.3) is 22.9 Å². The molecule has 0 fully saturated rings. The number of nitrogens with one attached hydrogen (secondary N) is 1. The predicted octanol–water partition coefficient (Wildman–Crippen LogP) is 4.37.